The van der Waals surface area contributed by atoms with Crippen LogP contribution in [0, 0.1) is 0 Å². The quantitative estimate of drug-likeness (QED) is 0.864. The van der Waals surface area contributed by atoms with Crippen LogP contribution in [0.1, 0.15) is 12.8 Å². The molecule has 2 rings (SSSR count). The fraction of sp³-hybridized carbons (Fsp3) is 0.500. The molecular weight excluding hydrogens is 292 g/mol. The maximum absolute atomic E-state index is 12.4. The van der Waals surface area contributed by atoms with Gasteiger partial charge in [-0.2, -0.15) is 4.31 Å². The van der Waals surface area contributed by atoms with Crippen LogP contribution in [-0.4, -0.2) is 51.5 Å². The summed E-state index contributed by atoms with van der Waals surface area (Å²) >= 11 is 0. The van der Waals surface area contributed by atoms with Gasteiger partial charge in [0.2, 0.25) is 15.9 Å². The number of carbonyl (C=O) groups is 1. The standard InChI is InChI=1S/C14H20N2O4S/c1-20-11-14(17)15-12-7-9-16(10-8-12)21(18,19)13-5-3-2-4-6-13/h2-6,12H,7-11H2,1H3,(H,15,17). The van der Waals surface area contributed by atoms with Gasteiger partial charge in [-0.25, -0.2) is 8.42 Å². The number of hydrogen-bond donors (Lipinski definition) is 1. The average molecular weight is 312 g/mol. The summed E-state index contributed by atoms with van der Waals surface area (Å²) in [5, 5.41) is 2.85. The van der Waals surface area contributed by atoms with Crippen LogP contribution in [0.4, 0.5) is 0 Å². The Morgan fingerprint density at radius 1 is 1.29 bits per heavy atom. The van der Waals surface area contributed by atoms with E-state index < -0.39 is 10.0 Å². The van der Waals surface area contributed by atoms with E-state index in [1.165, 1.54) is 11.4 Å². The Morgan fingerprint density at radius 3 is 2.48 bits per heavy atom. The van der Waals surface area contributed by atoms with Crippen molar-refractivity contribution in [3.05, 3.63) is 30.3 Å². The van der Waals surface area contributed by atoms with Gasteiger partial charge in [-0.1, -0.05) is 18.2 Å². The Labute approximate surface area is 125 Å². The molecule has 1 fully saturated rings. The highest BCUT2D eigenvalue weighted by molar-refractivity contribution is 7.89. The van der Waals surface area contributed by atoms with Crippen molar-refractivity contribution in [1.29, 1.82) is 0 Å². The first-order valence-corrected chi connectivity index (χ1v) is 8.31. The van der Waals surface area contributed by atoms with Crippen LogP contribution in [0.25, 0.3) is 0 Å². The molecule has 7 heteroatoms. The molecular formula is C14H20N2O4S. The summed E-state index contributed by atoms with van der Waals surface area (Å²) in [5.41, 5.74) is 0. The summed E-state index contributed by atoms with van der Waals surface area (Å²) in [5.74, 6) is -0.165. The van der Waals surface area contributed by atoms with E-state index in [4.69, 9.17) is 4.74 Å². The minimum atomic E-state index is -3.43. The Hall–Kier alpha value is -1.44. The van der Waals surface area contributed by atoms with Crippen molar-refractivity contribution in [2.75, 3.05) is 26.8 Å². The van der Waals surface area contributed by atoms with Gasteiger partial charge in [0.25, 0.3) is 0 Å². The first-order valence-electron chi connectivity index (χ1n) is 6.87. The molecule has 1 amide bonds. The monoisotopic (exact) mass is 312 g/mol. The van der Waals surface area contributed by atoms with Gasteiger partial charge in [0, 0.05) is 26.2 Å². The summed E-state index contributed by atoms with van der Waals surface area (Å²) < 4.78 is 31.1. The zero-order chi connectivity index (χ0) is 15.3. The van der Waals surface area contributed by atoms with Crippen molar-refractivity contribution in [3.63, 3.8) is 0 Å². The van der Waals surface area contributed by atoms with Crippen molar-refractivity contribution < 1.29 is 17.9 Å². The molecule has 0 radical (unpaired) electrons. The Kier molecular flexibility index (Phi) is 5.33. The Morgan fingerprint density at radius 2 is 1.90 bits per heavy atom. The van der Waals surface area contributed by atoms with Gasteiger partial charge >= 0.3 is 0 Å². The number of hydrogen-bond acceptors (Lipinski definition) is 4. The second kappa shape index (κ2) is 7.02. The smallest absolute Gasteiger partial charge is 0.246 e. The van der Waals surface area contributed by atoms with Crippen molar-refractivity contribution in [1.82, 2.24) is 9.62 Å². The predicted octanol–water partition coefficient (Wildman–Crippen LogP) is 0.602. The van der Waals surface area contributed by atoms with E-state index in [1.54, 1.807) is 30.3 Å². The fourth-order valence-electron chi connectivity index (χ4n) is 2.38. The fourth-order valence-corrected chi connectivity index (χ4v) is 3.87. The number of amides is 1. The number of sulfonamides is 1. The number of piperidine rings is 1. The molecule has 1 heterocycles. The molecule has 1 aliphatic heterocycles. The molecule has 1 N–H and O–H groups in total. The summed E-state index contributed by atoms with van der Waals surface area (Å²) in [4.78, 5) is 11.8. The molecule has 0 bridgehead atoms. The zero-order valence-corrected chi connectivity index (χ0v) is 12.8. The van der Waals surface area contributed by atoms with Crippen LogP contribution < -0.4 is 5.32 Å². The number of nitrogens with zero attached hydrogens (tertiary/aromatic N) is 1. The normalized spacial score (nSPS) is 17.6. The van der Waals surface area contributed by atoms with Crippen LogP contribution in [0.2, 0.25) is 0 Å². The molecule has 6 nitrogen and oxygen atoms in total. The van der Waals surface area contributed by atoms with Crippen molar-refractivity contribution >= 4 is 15.9 Å². The van der Waals surface area contributed by atoms with Gasteiger partial charge in [0.15, 0.2) is 0 Å². The summed E-state index contributed by atoms with van der Waals surface area (Å²) in [6.07, 6.45) is 1.23. The van der Waals surface area contributed by atoms with Crippen molar-refractivity contribution in [3.8, 4) is 0 Å². The average Bonchev–Trinajstić information content (AvgIpc) is 2.49. The molecule has 1 aliphatic rings. The largest absolute Gasteiger partial charge is 0.375 e. The minimum absolute atomic E-state index is 0.00914. The van der Waals surface area contributed by atoms with Crippen molar-refractivity contribution in [2.45, 2.75) is 23.8 Å². The van der Waals surface area contributed by atoms with E-state index in [9.17, 15) is 13.2 Å². The molecule has 0 atom stereocenters. The van der Waals surface area contributed by atoms with E-state index >= 15 is 0 Å². The molecule has 0 saturated carbocycles. The molecule has 1 saturated heterocycles. The number of carbonyl (C=O) groups excluding carboxylic acids is 1. The number of benzene rings is 1. The topological polar surface area (TPSA) is 75.7 Å². The van der Waals surface area contributed by atoms with Gasteiger partial charge in [0.1, 0.15) is 6.61 Å². The van der Waals surface area contributed by atoms with E-state index in [2.05, 4.69) is 5.32 Å². The number of nitrogens with one attached hydrogen (secondary N) is 1. The highest BCUT2D eigenvalue weighted by Gasteiger charge is 2.29. The predicted molar refractivity (Wildman–Crippen MR) is 78.2 cm³/mol. The molecule has 0 unspecified atom stereocenters. The summed E-state index contributed by atoms with van der Waals surface area (Å²) in [7, 11) is -1.96. The molecule has 116 valence electrons. The van der Waals surface area contributed by atoms with Crippen LogP contribution >= 0.6 is 0 Å². The Balaban J connectivity index is 1.93. The minimum Gasteiger partial charge on any atom is -0.375 e. The number of methoxy groups -OCH3 is 1. The van der Waals surface area contributed by atoms with E-state index in [1.807, 2.05) is 0 Å². The lowest BCUT2D eigenvalue weighted by Gasteiger charge is -2.31. The van der Waals surface area contributed by atoms with Gasteiger partial charge < -0.3 is 10.1 Å². The lowest BCUT2D eigenvalue weighted by molar-refractivity contribution is -0.125. The van der Waals surface area contributed by atoms with Gasteiger partial charge in [-0.3, -0.25) is 4.79 Å². The van der Waals surface area contributed by atoms with E-state index in [0.717, 1.165) is 0 Å². The maximum atomic E-state index is 12.4. The lowest BCUT2D eigenvalue weighted by atomic mass is 10.1. The Bertz CT molecular complexity index is 566. The van der Waals surface area contributed by atoms with Gasteiger partial charge in [-0.05, 0) is 25.0 Å². The molecule has 0 spiro atoms. The number of ether oxygens (including phenoxy) is 1. The van der Waals surface area contributed by atoms with E-state index in [-0.39, 0.29) is 18.6 Å². The van der Waals surface area contributed by atoms with Gasteiger partial charge in [-0.15, -0.1) is 0 Å². The van der Waals surface area contributed by atoms with Crippen LogP contribution in [0.3, 0.4) is 0 Å². The first kappa shape index (κ1) is 15.9. The second-order valence-corrected chi connectivity index (χ2v) is 6.93. The molecule has 21 heavy (non-hydrogen) atoms. The van der Waals surface area contributed by atoms with Crippen LogP contribution in [-0.2, 0) is 19.6 Å². The zero-order valence-electron chi connectivity index (χ0n) is 12.0. The van der Waals surface area contributed by atoms with Gasteiger partial charge in [0.05, 0.1) is 4.90 Å². The summed E-state index contributed by atoms with van der Waals surface area (Å²) in [6.45, 7) is 0.854. The van der Waals surface area contributed by atoms with Crippen LogP contribution in [0.15, 0.2) is 35.2 Å². The third-order valence-corrected chi connectivity index (χ3v) is 5.39. The third kappa shape index (κ3) is 4.03. The third-order valence-electron chi connectivity index (χ3n) is 3.48. The van der Waals surface area contributed by atoms with Crippen LogP contribution in [0.5, 0.6) is 0 Å². The summed E-state index contributed by atoms with van der Waals surface area (Å²) in [6, 6.07) is 8.42. The molecule has 0 aromatic heterocycles. The van der Waals surface area contributed by atoms with Crippen molar-refractivity contribution in [2.24, 2.45) is 0 Å². The SMILES string of the molecule is COCC(=O)NC1CCN(S(=O)(=O)c2ccccc2)CC1. The maximum Gasteiger partial charge on any atom is 0.246 e. The lowest BCUT2D eigenvalue weighted by Crippen LogP contribution is -2.47. The number of rotatable bonds is 5. The molecule has 0 aliphatic carbocycles. The molecule has 1 aromatic carbocycles. The molecule has 1 aromatic rings. The highest BCUT2D eigenvalue weighted by Crippen LogP contribution is 2.20. The second-order valence-electron chi connectivity index (χ2n) is 4.99. The first-order chi connectivity index (χ1) is 10.0. The highest BCUT2D eigenvalue weighted by atomic mass is 32.2. The van der Waals surface area contributed by atoms with E-state index in [0.29, 0.717) is 30.8 Å².